The second kappa shape index (κ2) is 5.25. The van der Waals surface area contributed by atoms with Gasteiger partial charge in [-0.05, 0) is 38.3 Å². The maximum absolute atomic E-state index is 4.28. The molecule has 4 heteroatoms. The van der Waals surface area contributed by atoms with Crippen LogP contribution in [0.25, 0.3) is 0 Å². The molecule has 1 aliphatic rings. The van der Waals surface area contributed by atoms with E-state index in [9.17, 15) is 0 Å². The number of hydrogen-bond acceptors (Lipinski definition) is 3. The highest BCUT2D eigenvalue weighted by Crippen LogP contribution is 2.23. The van der Waals surface area contributed by atoms with Crippen LogP contribution in [0.4, 0.5) is 0 Å². The first-order chi connectivity index (χ1) is 7.75. The van der Waals surface area contributed by atoms with Crippen LogP contribution in [-0.4, -0.2) is 27.9 Å². The Kier molecular flexibility index (Phi) is 3.72. The fraction of sp³-hybridized carbons (Fsp3) is 0.667. The van der Waals surface area contributed by atoms with E-state index in [0.717, 1.165) is 31.8 Å². The van der Waals surface area contributed by atoms with E-state index < -0.39 is 0 Å². The number of rotatable bonds is 4. The Morgan fingerprint density at radius 2 is 2.31 bits per heavy atom. The zero-order valence-electron chi connectivity index (χ0n) is 9.95. The second-order valence-electron chi connectivity index (χ2n) is 4.52. The lowest BCUT2D eigenvalue weighted by Crippen LogP contribution is -2.28. The molecule has 0 atom stereocenters. The van der Waals surface area contributed by atoms with Gasteiger partial charge in [-0.25, -0.2) is 4.98 Å². The normalized spacial score (nSPS) is 17.6. The maximum Gasteiger partial charge on any atom is 0.150 e. The smallest absolute Gasteiger partial charge is 0.150 e. The summed E-state index contributed by atoms with van der Waals surface area (Å²) in [5, 5.41) is 7.66. The van der Waals surface area contributed by atoms with Gasteiger partial charge in [0.2, 0.25) is 0 Å². The standard InChI is InChI=1S/C12H20N4/c1-10(11-5-7-13-8-6-11)3-4-12-14-9-16(2)15-12/h9,11,13H,1,3-8H2,2H3. The third-order valence-corrected chi connectivity index (χ3v) is 3.23. The summed E-state index contributed by atoms with van der Waals surface area (Å²) in [6, 6.07) is 0. The maximum atomic E-state index is 4.28. The number of allylic oxidation sites excluding steroid dienone is 1. The molecule has 88 valence electrons. The molecule has 1 aromatic rings. The minimum absolute atomic E-state index is 0.699. The van der Waals surface area contributed by atoms with Crippen LogP contribution in [-0.2, 0) is 13.5 Å². The molecular weight excluding hydrogens is 200 g/mol. The molecule has 0 aromatic carbocycles. The zero-order chi connectivity index (χ0) is 11.4. The Labute approximate surface area is 96.8 Å². The van der Waals surface area contributed by atoms with E-state index in [1.807, 2.05) is 7.05 Å². The summed E-state index contributed by atoms with van der Waals surface area (Å²) in [6.07, 6.45) is 6.16. The van der Waals surface area contributed by atoms with Gasteiger partial charge < -0.3 is 5.32 Å². The summed E-state index contributed by atoms with van der Waals surface area (Å²) in [7, 11) is 1.90. The molecular formula is C12H20N4. The molecule has 4 nitrogen and oxygen atoms in total. The Hall–Kier alpha value is -1.16. The van der Waals surface area contributed by atoms with Gasteiger partial charge in [0.05, 0.1) is 0 Å². The van der Waals surface area contributed by atoms with Crippen molar-refractivity contribution in [1.82, 2.24) is 20.1 Å². The Morgan fingerprint density at radius 1 is 1.56 bits per heavy atom. The van der Waals surface area contributed by atoms with Crippen molar-refractivity contribution in [3.63, 3.8) is 0 Å². The molecule has 0 unspecified atom stereocenters. The summed E-state index contributed by atoms with van der Waals surface area (Å²) >= 11 is 0. The van der Waals surface area contributed by atoms with Gasteiger partial charge in [-0.1, -0.05) is 12.2 Å². The number of aromatic nitrogens is 3. The summed E-state index contributed by atoms with van der Waals surface area (Å²) < 4.78 is 1.75. The van der Waals surface area contributed by atoms with Crippen molar-refractivity contribution in [2.45, 2.75) is 25.7 Å². The number of nitrogens with zero attached hydrogens (tertiary/aromatic N) is 3. The predicted octanol–water partition coefficient (Wildman–Crippen LogP) is 1.30. The topological polar surface area (TPSA) is 42.7 Å². The molecule has 0 saturated carbocycles. The first kappa shape index (κ1) is 11.3. The van der Waals surface area contributed by atoms with Gasteiger partial charge in [0, 0.05) is 13.5 Å². The van der Waals surface area contributed by atoms with Crippen LogP contribution in [0.2, 0.25) is 0 Å². The van der Waals surface area contributed by atoms with E-state index in [2.05, 4.69) is 22.0 Å². The fourth-order valence-electron chi connectivity index (χ4n) is 2.21. The van der Waals surface area contributed by atoms with Crippen LogP contribution in [0.1, 0.15) is 25.1 Å². The number of nitrogens with one attached hydrogen (secondary N) is 1. The molecule has 16 heavy (non-hydrogen) atoms. The fourth-order valence-corrected chi connectivity index (χ4v) is 2.21. The minimum Gasteiger partial charge on any atom is -0.317 e. The minimum atomic E-state index is 0.699. The van der Waals surface area contributed by atoms with Crippen molar-refractivity contribution >= 4 is 0 Å². The van der Waals surface area contributed by atoms with Gasteiger partial charge >= 0.3 is 0 Å². The molecule has 0 aliphatic carbocycles. The van der Waals surface area contributed by atoms with Crippen LogP contribution >= 0.6 is 0 Å². The SMILES string of the molecule is C=C(CCc1ncn(C)n1)C1CCNCC1. The lowest BCUT2D eigenvalue weighted by Gasteiger charge is -2.24. The van der Waals surface area contributed by atoms with E-state index in [-0.39, 0.29) is 0 Å². The Balaban J connectivity index is 1.78. The van der Waals surface area contributed by atoms with Gasteiger partial charge in [-0.15, -0.1) is 0 Å². The summed E-state index contributed by atoms with van der Waals surface area (Å²) in [5.74, 6) is 1.63. The van der Waals surface area contributed by atoms with Crippen LogP contribution < -0.4 is 5.32 Å². The van der Waals surface area contributed by atoms with E-state index >= 15 is 0 Å². The molecule has 0 spiro atoms. The third kappa shape index (κ3) is 2.92. The number of piperidine rings is 1. The summed E-state index contributed by atoms with van der Waals surface area (Å²) in [4.78, 5) is 4.23. The van der Waals surface area contributed by atoms with Crippen LogP contribution in [0.15, 0.2) is 18.5 Å². The largest absolute Gasteiger partial charge is 0.317 e. The van der Waals surface area contributed by atoms with E-state index in [1.165, 1.54) is 18.4 Å². The van der Waals surface area contributed by atoms with E-state index in [1.54, 1.807) is 11.0 Å². The Morgan fingerprint density at radius 3 is 2.94 bits per heavy atom. The molecule has 0 radical (unpaired) electrons. The highest BCUT2D eigenvalue weighted by Gasteiger charge is 2.16. The lowest BCUT2D eigenvalue weighted by atomic mass is 9.88. The lowest BCUT2D eigenvalue weighted by molar-refractivity contribution is 0.411. The predicted molar refractivity (Wildman–Crippen MR) is 64.1 cm³/mol. The molecule has 2 heterocycles. The highest BCUT2D eigenvalue weighted by molar-refractivity contribution is 5.04. The van der Waals surface area contributed by atoms with Crippen molar-refractivity contribution in [2.24, 2.45) is 13.0 Å². The quantitative estimate of drug-likeness (QED) is 0.778. The highest BCUT2D eigenvalue weighted by atomic mass is 15.3. The van der Waals surface area contributed by atoms with Gasteiger partial charge in [0.1, 0.15) is 6.33 Å². The second-order valence-corrected chi connectivity index (χ2v) is 4.52. The molecule has 1 saturated heterocycles. The average molecular weight is 220 g/mol. The van der Waals surface area contributed by atoms with Gasteiger partial charge in [0.25, 0.3) is 0 Å². The molecule has 0 amide bonds. The van der Waals surface area contributed by atoms with E-state index in [0.29, 0.717) is 5.92 Å². The van der Waals surface area contributed by atoms with Gasteiger partial charge in [0.15, 0.2) is 5.82 Å². The monoisotopic (exact) mass is 220 g/mol. The molecule has 0 bridgehead atoms. The molecule has 1 aliphatic heterocycles. The third-order valence-electron chi connectivity index (χ3n) is 3.23. The van der Waals surface area contributed by atoms with Crippen molar-refractivity contribution in [3.05, 3.63) is 24.3 Å². The van der Waals surface area contributed by atoms with Crippen molar-refractivity contribution in [3.8, 4) is 0 Å². The summed E-state index contributed by atoms with van der Waals surface area (Å²) in [5.41, 5.74) is 1.37. The van der Waals surface area contributed by atoms with E-state index in [4.69, 9.17) is 0 Å². The molecule has 1 aromatic heterocycles. The van der Waals surface area contributed by atoms with Gasteiger partial charge in [-0.3, -0.25) is 4.68 Å². The Bertz CT molecular complexity index is 350. The number of hydrogen-bond donors (Lipinski definition) is 1. The van der Waals surface area contributed by atoms with Crippen LogP contribution in [0.3, 0.4) is 0 Å². The first-order valence-corrected chi connectivity index (χ1v) is 5.98. The molecule has 1 fully saturated rings. The zero-order valence-corrected chi connectivity index (χ0v) is 9.95. The van der Waals surface area contributed by atoms with Crippen molar-refractivity contribution < 1.29 is 0 Å². The molecule has 1 N–H and O–H groups in total. The van der Waals surface area contributed by atoms with Crippen LogP contribution in [0, 0.1) is 5.92 Å². The van der Waals surface area contributed by atoms with Gasteiger partial charge in [-0.2, -0.15) is 5.10 Å². The first-order valence-electron chi connectivity index (χ1n) is 5.98. The molecule has 2 rings (SSSR count). The average Bonchev–Trinajstić information content (AvgIpc) is 2.73. The van der Waals surface area contributed by atoms with Crippen molar-refractivity contribution in [1.29, 1.82) is 0 Å². The number of aryl methyl sites for hydroxylation is 2. The van der Waals surface area contributed by atoms with Crippen LogP contribution in [0.5, 0.6) is 0 Å². The van der Waals surface area contributed by atoms with Crippen molar-refractivity contribution in [2.75, 3.05) is 13.1 Å². The summed E-state index contributed by atoms with van der Waals surface area (Å²) in [6.45, 7) is 6.47.